The minimum atomic E-state index is 1.09. The van der Waals surface area contributed by atoms with Crippen LogP contribution in [0.15, 0.2) is 18.3 Å². The summed E-state index contributed by atoms with van der Waals surface area (Å²) in [4.78, 5) is 4.30. The van der Waals surface area contributed by atoms with Gasteiger partial charge in [0.05, 0.1) is 11.0 Å². The number of fused-ring (bicyclic) bond motifs is 1. The van der Waals surface area contributed by atoms with Gasteiger partial charge in [0.1, 0.15) is 0 Å². The van der Waals surface area contributed by atoms with Crippen molar-refractivity contribution in [3.05, 3.63) is 29.6 Å². The first-order chi connectivity index (χ1) is 5.70. The second-order valence-corrected chi connectivity index (χ2v) is 3.21. The van der Waals surface area contributed by atoms with Crippen molar-refractivity contribution in [3.63, 3.8) is 0 Å². The smallest absolute Gasteiger partial charge is 0.0886 e. The highest BCUT2D eigenvalue weighted by atomic mass is 15.0. The summed E-state index contributed by atoms with van der Waals surface area (Å²) in [5, 5.41) is 0. The lowest BCUT2D eigenvalue weighted by atomic mass is 10.2. The number of aromatic nitrogens is 2. The third-order valence-corrected chi connectivity index (χ3v) is 2.36. The Bertz CT molecular complexity index is 427. The normalized spacial score (nSPS) is 10.9. The number of nitrogens with zero attached hydrogens (tertiary/aromatic N) is 2. The molecule has 2 aromatic heterocycles. The van der Waals surface area contributed by atoms with Gasteiger partial charge in [-0.3, -0.25) is 4.98 Å². The van der Waals surface area contributed by atoms with E-state index in [0.29, 0.717) is 0 Å². The maximum atomic E-state index is 4.30. The van der Waals surface area contributed by atoms with Crippen molar-refractivity contribution in [1.82, 2.24) is 9.55 Å². The summed E-state index contributed by atoms with van der Waals surface area (Å²) in [5.41, 5.74) is 4.88. The van der Waals surface area contributed by atoms with E-state index in [1.807, 2.05) is 12.3 Å². The molecular weight excluding hydrogens is 148 g/mol. The average molecular weight is 160 g/mol. The molecule has 0 unspecified atom stereocenters. The molecule has 0 aliphatic rings. The van der Waals surface area contributed by atoms with Crippen LogP contribution in [0.25, 0.3) is 11.0 Å². The third-order valence-electron chi connectivity index (χ3n) is 2.36. The van der Waals surface area contributed by atoms with Gasteiger partial charge >= 0.3 is 0 Å². The molecule has 62 valence electrons. The molecule has 0 atom stereocenters. The molecule has 0 fully saturated rings. The maximum absolute atomic E-state index is 4.30. The van der Waals surface area contributed by atoms with Gasteiger partial charge in [-0.05, 0) is 31.5 Å². The van der Waals surface area contributed by atoms with Crippen LogP contribution in [0, 0.1) is 13.8 Å². The Morgan fingerprint density at radius 2 is 2.08 bits per heavy atom. The number of aryl methyl sites for hydroxylation is 3. The van der Waals surface area contributed by atoms with E-state index < -0.39 is 0 Å². The lowest BCUT2D eigenvalue weighted by molar-refractivity contribution is 0.914. The molecule has 0 amide bonds. The lowest BCUT2D eigenvalue weighted by Gasteiger charge is -2.00. The number of rotatable bonds is 0. The van der Waals surface area contributed by atoms with E-state index >= 15 is 0 Å². The minimum Gasteiger partial charge on any atom is -0.346 e. The average Bonchev–Trinajstić information content (AvgIpc) is 2.29. The molecule has 0 aromatic carbocycles. The molecule has 0 bridgehead atoms. The zero-order valence-corrected chi connectivity index (χ0v) is 7.63. The van der Waals surface area contributed by atoms with Crippen molar-refractivity contribution in [2.45, 2.75) is 13.8 Å². The first kappa shape index (κ1) is 7.35. The van der Waals surface area contributed by atoms with E-state index in [0.717, 1.165) is 5.52 Å². The van der Waals surface area contributed by atoms with E-state index in [4.69, 9.17) is 0 Å². The van der Waals surface area contributed by atoms with Crippen molar-refractivity contribution in [1.29, 1.82) is 0 Å². The van der Waals surface area contributed by atoms with Gasteiger partial charge in [-0.2, -0.15) is 0 Å². The highest BCUT2D eigenvalue weighted by Crippen LogP contribution is 2.18. The molecular formula is C10H12N2. The molecule has 12 heavy (non-hydrogen) atoms. The van der Waals surface area contributed by atoms with Crippen LogP contribution >= 0.6 is 0 Å². The summed E-state index contributed by atoms with van der Waals surface area (Å²) in [5.74, 6) is 0. The van der Waals surface area contributed by atoms with Gasteiger partial charge in [0.25, 0.3) is 0 Å². The largest absolute Gasteiger partial charge is 0.346 e. The Balaban J connectivity index is 2.97. The summed E-state index contributed by atoms with van der Waals surface area (Å²) in [6, 6.07) is 4.16. The Kier molecular flexibility index (Phi) is 1.43. The fourth-order valence-electron chi connectivity index (χ4n) is 1.58. The highest BCUT2D eigenvalue weighted by Gasteiger charge is 2.04. The van der Waals surface area contributed by atoms with E-state index in [-0.39, 0.29) is 0 Å². The van der Waals surface area contributed by atoms with Gasteiger partial charge < -0.3 is 4.57 Å². The van der Waals surface area contributed by atoms with Gasteiger partial charge in [-0.15, -0.1) is 0 Å². The van der Waals surface area contributed by atoms with Crippen molar-refractivity contribution in [3.8, 4) is 0 Å². The molecule has 0 saturated carbocycles. The summed E-state index contributed by atoms with van der Waals surface area (Å²) in [6.45, 7) is 4.21. The standard InChI is InChI=1S/C10H12N2/c1-7-4-5-11-9-6-8(2)12(3)10(7)9/h4-6H,1-3H3. The molecule has 0 aliphatic carbocycles. The van der Waals surface area contributed by atoms with Crippen LogP contribution in [0.1, 0.15) is 11.3 Å². The topological polar surface area (TPSA) is 17.8 Å². The van der Waals surface area contributed by atoms with Crippen LogP contribution in [0.2, 0.25) is 0 Å². The first-order valence-electron chi connectivity index (χ1n) is 4.08. The quantitative estimate of drug-likeness (QED) is 0.577. The molecule has 0 aliphatic heterocycles. The van der Waals surface area contributed by atoms with E-state index in [9.17, 15) is 0 Å². The first-order valence-corrected chi connectivity index (χ1v) is 4.08. The zero-order valence-electron chi connectivity index (χ0n) is 7.63. The number of hydrogen-bond donors (Lipinski definition) is 0. The van der Waals surface area contributed by atoms with Crippen molar-refractivity contribution >= 4 is 11.0 Å². The molecule has 2 heterocycles. The lowest BCUT2D eigenvalue weighted by Crippen LogP contribution is -1.91. The van der Waals surface area contributed by atoms with Crippen LogP contribution in [-0.2, 0) is 7.05 Å². The molecule has 0 saturated heterocycles. The third kappa shape index (κ3) is 0.843. The van der Waals surface area contributed by atoms with Crippen molar-refractivity contribution in [2.24, 2.45) is 7.05 Å². The van der Waals surface area contributed by atoms with Gasteiger partial charge in [0, 0.05) is 18.9 Å². The van der Waals surface area contributed by atoms with E-state index in [2.05, 4.69) is 36.5 Å². The van der Waals surface area contributed by atoms with Crippen LogP contribution in [0.4, 0.5) is 0 Å². The van der Waals surface area contributed by atoms with Crippen LogP contribution in [0.5, 0.6) is 0 Å². The molecule has 2 aromatic rings. The molecule has 2 nitrogen and oxygen atoms in total. The Hall–Kier alpha value is -1.31. The predicted octanol–water partition coefficient (Wildman–Crippen LogP) is 2.19. The zero-order chi connectivity index (χ0) is 8.72. The second kappa shape index (κ2) is 2.34. The van der Waals surface area contributed by atoms with Crippen molar-refractivity contribution in [2.75, 3.05) is 0 Å². The summed E-state index contributed by atoms with van der Waals surface area (Å²) < 4.78 is 2.18. The van der Waals surface area contributed by atoms with E-state index in [1.54, 1.807) is 0 Å². The van der Waals surface area contributed by atoms with Crippen LogP contribution < -0.4 is 0 Å². The van der Waals surface area contributed by atoms with Gasteiger partial charge in [0.2, 0.25) is 0 Å². The fourth-order valence-corrected chi connectivity index (χ4v) is 1.58. The number of hydrogen-bond acceptors (Lipinski definition) is 1. The highest BCUT2D eigenvalue weighted by molar-refractivity contribution is 5.80. The predicted molar refractivity (Wildman–Crippen MR) is 50.2 cm³/mol. The van der Waals surface area contributed by atoms with Gasteiger partial charge in [-0.1, -0.05) is 0 Å². The Labute approximate surface area is 71.8 Å². The fraction of sp³-hybridized carbons (Fsp3) is 0.300. The molecule has 0 spiro atoms. The second-order valence-electron chi connectivity index (χ2n) is 3.21. The SMILES string of the molecule is Cc1ccnc2cc(C)n(C)c12. The van der Waals surface area contributed by atoms with Gasteiger partial charge in [-0.25, -0.2) is 0 Å². The summed E-state index contributed by atoms with van der Waals surface area (Å²) in [6.07, 6.45) is 1.86. The van der Waals surface area contributed by atoms with Gasteiger partial charge in [0.15, 0.2) is 0 Å². The molecule has 2 rings (SSSR count). The van der Waals surface area contributed by atoms with E-state index in [1.165, 1.54) is 16.8 Å². The maximum Gasteiger partial charge on any atom is 0.0886 e. The Morgan fingerprint density at radius 1 is 1.33 bits per heavy atom. The summed E-state index contributed by atoms with van der Waals surface area (Å²) in [7, 11) is 2.08. The van der Waals surface area contributed by atoms with Crippen molar-refractivity contribution < 1.29 is 0 Å². The summed E-state index contributed by atoms with van der Waals surface area (Å²) >= 11 is 0. The molecule has 0 radical (unpaired) electrons. The van der Waals surface area contributed by atoms with Crippen LogP contribution in [-0.4, -0.2) is 9.55 Å². The molecule has 2 heteroatoms. The number of pyridine rings is 1. The molecule has 0 N–H and O–H groups in total. The Morgan fingerprint density at radius 3 is 2.75 bits per heavy atom. The minimum absolute atomic E-state index is 1.09. The monoisotopic (exact) mass is 160 g/mol. The van der Waals surface area contributed by atoms with Crippen LogP contribution in [0.3, 0.4) is 0 Å².